The van der Waals surface area contributed by atoms with Crippen molar-refractivity contribution in [2.45, 2.75) is 13.5 Å². The Morgan fingerprint density at radius 2 is 1.96 bits per heavy atom. The van der Waals surface area contributed by atoms with Crippen LogP contribution in [-0.2, 0) is 16.1 Å². The first-order chi connectivity index (χ1) is 13.0. The molecule has 4 amide bonds. The highest BCUT2D eigenvalue weighted by Gasteiger charge is 2.37. The van der Waals surface area contributed by atoms with Crippen LogP contribution in [0, 0.1) is 0 Å². The second-order valence-electron chi connectivity index (χ2n) is 5.97. The van der Waals surface area contributed by atoms with Gasteiger partial charge in [0.15, 0.2) is 0 Å². The summed E-state index contributed by atoms with van der Waals surface area (Å²) >= 11 is 0. The topological polar surface area (TPSA) is 79.4 Å². The van der Waals surface area contributed by atoms with Gasteiger partial charge in [-0.05, 0) is 25.1 Å². The Balaban J connectivity index is 2.25. The minimum absolute atomic E-state index is 0.167. The second kappa shape index (κ2) is 9.07. The highest BCUT2D eigenvalue weighted by molar-refractivity contribution is 6.38. The highest BCUT2D eigenvalue weighted by Crippen LogP contribution is 2.26. The first-order valence-corrected chi connectivity index (χ1v) is 8.68. The maximum Gasteiger partial charge on any atom is 0.327 e. The molecule has 1 aliphatic heterocycles. The average molecular weight is 375 g/mol. The molecular formula is C19H25N3O5. The number of hydrogen-bond donors (Lipinski definition) is 0. The van der Waals surface area contributed by atoms with E-state index < -0.39 is 17.8 Å². The molecule has 1 aromatic carbocycles. The van der Waals surface area contributed by atoms with Crippen LogP contribution in [0.5, 0.6) is 11.5 Å². The Kier molecular flexibility index (Phi) is 6.81. The van der Waals surface area contributed by atoms with Crippen LogP contribution in [0.2, 0.25) is 0 Å². The fourth-order valence-corrected chi connectivity index (χ4v) is 2.91. The Labute approximate surface area is 158 Å². The number of likely N-dealkylation sites (N-methyl/N-ethyl adjacent to an activating group) is 1. The molecule has 0 aromatic heterocycles. The predicted octanol–water partition coefficient (Wildman–Crippen LogP) is 1.50. The summed E-state index contributed by atoms with van der Waals surface area (Å²) in [6.07, 6.45) is 1.57. The quantitative estimate of drug-likeness (QED) is 0.533. The lowest BCUT2D eigenvalue weighted by Crippen LogP contribution is -2.58. The summed E-state index contributed by atoms with van der Waals surface area (Å²) < 4.78 is 10.6. The monoisotopic (exact) mass is 375 g/mol. The van der Waals surface area contributed by atoms with E-state index in [1.165, 1.54) is 16.9 Å². The van der Waals surface area contributed by atoms with Gasteiger partial charge in [-0.2, -0.15) is 0 Å². The molecule has 0 radical (unpaired) electrons. The fraction of sp³-hybridized carbons (Fsp3) is 0.421. The van der Waals surface area contributed by atoms with Crippen LogP contribution >= 0.6 is 0 Å². The number of methoxy groups -OCH3 is 2. The van der Waals surface area contributed by atoms with E-state index in [0.29, 0.717) is 24.6 Å². The molecule has 27 heavy (non-hydrogen) atoms. The van der Waals surface area contributed by atoms with E-state index in [2.05, 4.69) is 6.58 Å². The summed E-state index contributed by atoms with van der Waals surface area (Å²) in [6.45, 7) is 6.80. The van der Waals surface area contributed by atoms with Crippen LogP contribution in [0.15, 0.2) is 30.9 Å². The Morgan fingerprint density at radius 3 is 2.56 bits per heavy atom. The Bertz CT molecular complexity index is 734. The number of carbonyl (C=O) groups is 3. The zero-order valence-corrected chi connectivity index (χ0v) is 15.9. The zero-order valence-electron chi connectivity index (χ0n) is 15.9. The van der Waals surface area contributed by atoms with Crippen molar-refractivity contribution in [3.63, 3.8) is 0 Å². The van der Waals surface area contributed by atoms with E-state index in [0.717, 1.165) is 10.5 Å². The van der Waals surface area contributed by atoms with Crippen LogP contribution in [0.25, 0.3) is 0 Å². The van der Waals surface area contributed by atoms with E-state index >= 15 is 0 Å². The standard InChI is InChI=1S/C19H25N3O5/c1-5-9-21(13-14-12-15(26-3)7-8-16(14)27-4)19(25)22-11-10-20(6-2)17(23)18(22)24/h5,7-8,12H,1,6,9-11,13H2,2-4H3. The molecule has 2 rings (SSSR count). The number of carbonyl (C=O) groups excluding carboxylic acids is 3. The molecule has 1 aromatic rings. The first-order valence-electron chi connectivity index (χ1n) is 8.68. The third kappa shape index (κ3) is 4.39. The van der Waals surface area contributed by atoms with Gasteiger partial charge in [0, 0.05) is 31.7 Å². The fourth-order valence-electron chi connectivity index (χ4n) is 2.91. The number of hydrogen-bond acceptors (Lipinski definition) is 5. The van der Waals surface area contributed by atoms with Crippen LogP contribution in [0.3, 0.4) is 0 Å². The minimum atomic E-state index is -0.806. The van der Waals surface area contributed by atoms with Gasteiger partial charge < -0.3 is 19.3 Å². The third-order valence-electron chi connectivity index (χ3n) is 4.39. The van der Waals surface area contributed by atoms with E-state index in [9.17, 15) is 14.4 Å². The summed E-state index contributed by atoms with van der Waals surface area (Å²) in [5.74, 6) is -0.245. The molecule has 1 aliphatic rings. The molecule has 0 spiro atoms. The first kappa shape index (κ1) is 20.3. The molecule has 0 saturated carbocycles. The second-order valence-corrected chi connectivity index (χ2v) is 5.97. The lowest BCUT2D eigenvalue weighted by molar-refractivity contribution is -0.153. The number of amides is 4. The molecule has 0 N–H and O–H groups in total. The van der Waals surface area contributed by atoms with E-state index in [1.807, 2.05) is 0 Å². The van der Waals surface area contributed by atoms with Crippen molar-refractivity contribution in [3.05, 3.63) is 36.4 Å². The number of urea groups is 1. The maximum absolute atomic E-state index is 12.9. The summed E-state index contributed by atoms with van der Waals surface area (Å²) in [6, 6.07) is 4.74. The largest absolute Gasteiger partial charge is 0.497 e. The molecular weight excluding hydrogens is 350 g/mol. The van der Waals surface area contributed by atoms with Gasteiger partial charge in [0.05, 0.1) is 20.8 Å². The van der Waals surface area contributed by atoms with Crippen LogP contribution in [0.1, 0.15) is 12.5 Å². The van der Waals surface area contributed by atoms with Crippen molar-refractivity contribution in [2.24, 2.45) is 0 Å². The molecule has 8 nitrogen and oxygen atoms in total. The van der Waals surface area contributed by atoms with Crippen LogP contribution in [-0.4, -0.2) is 72.9 Å². The summed E-state index contributed by atoms with van der Waals surface area (Å²) in [5.41, 5.74) is 0.720. The van der Waals surface area contributed by atoms with Gasteiger partial charge in [-0.1, -0.05) is 6.08 Å². The number of imide groups is 1. The van der Waals surface area contributed by atoms with E-state index in [-0.39, 0.29) is 19.6 Å². The highest BCUT2D eigenvalue weighted by atomic mass is 16.5. The summed E-state index contributed by atoms with van der Waals surface area (Å²) in [4.78, 5) is 41.2. The summed E-state index contributed by atoms with van der Waals surface area (Å²) in [5, 5.41) is 0. The van der Waals surface area contributed by atoms with Gasteiger partial charge in [0.2, 0.25) is 0 Å². The molecule has 1 saturated heterocycles. The number of nitrogens with zero attached hydrogens (tertiary/aromatic N) is 3. The SMILES string of the molecule is C=CCN(Cc1cc(OC)ccc1OC)C(=O)N1CCN(CC)C(=O)C1=O. The lowest BCUT2D eigenvalue weighted by atomic mass is 10.1. The Hall–Kier alpha value is -3.03. The molecule has 0 unspecified atom stereocenters. The van der Waals surface area contributed by atoms with Crippen molar-refractivity contribution in [3.8, 4) is 11.5 Å². The van der Waals surface area contributed by atoms with Crippen molar-refractivity contribution in [1.29, 1.82) is 0 Å². The normalized spacial score (nSPS) is 14.2. The average Bonchev–Trinajstić information content (AvgIpc) is 2.69. The predicted molar refractivity (Wildman–Crippen MR) is 99.5 cm³/mol. The molecule has 0 aliphatic carbocycles. The minimum Gasteiger partial charge on any atom is -0.497 e. The molecule has 8 heteroatoms. The van der Waals surface area contributed by atoms with Crippen molar-refractivity contribution in [2.75, 3.05) is 40.4 Å². The van der Waals surface area contributed by atoms with Crippen LogP contribution in [0.4, 0.5) is 4.79 Å². The van der Waals surface area contributed by atoms with Gasteiger partial charge in [0.1, 0.15) is 11.5 Å². The van der Waals surface area contributed by atoms with Gasteiger partial charge in [-0.25, -0.2) is 4.79 Å². The van der Waals surface area contributed by atoms with Crippen molar-refractivity contribution < 1.29 is 23.9 Å². The smallest absolute Gasteiger partial charge is 0.327 e. The van der Waals surface area contributed by atoms with Gasteiger partial charge in [-0.3, -0.25) is 14.5 Å². The number of ether oxygens (including phenoxy) is 2. The van der Waals surface area contributed by atoms with E-state index in [1.54, 1.807) is 38.3 Å². The van der Waals surface area contributed by atoms with Gasteiger partial charge in [0.25, 0.3) is 0 Å². The van der Waals surface area contributed by atoms with Crippen LogP contribution < -0.4 is 9.47 Å². The lowest BCUT2D eigenvalue weighted by Gasteiger charge is -2.35. The molecule has 1 fully saturated rings. The maximum atomic E-state index is 12.9. The molecule has 0 atom stereocenters. The molecule has 1 heterocycles. The van der Waals surface area contributed by atoms with E-state index in [4.69, 9.17) is 9.47 Å². The number of rotatable bonds is 7. The molecule has 0 bridgehead atoms. The number of benzene rings is 1. The third-order valence-corrected chi connectivity index (χ3v) is 4.39. The zero-order chi connectivity index (χ0) is 20.0. The Morgan fingerprint density at radius 1 is 1.22 bits per heavy atom. The van der Waals surface area contributed by atoms with Crippen molar-refractivity contribution >= 4 is 17.8 Å². The van der Waals surface area contributed by atoms with Gasteiger partial charge in [-0.15, -0.1) is 6.58 Å². The summed E-state index contributed by atoms with van der Waals surface area (Å²) in [7, 11) is 3.09. The van der Waals surface area contributed by atoms with Gasteiger partial charge >= 0.3 is 17.8 Å². The molecule has 146 valence electrons. The number of piperazine rings is 1. The van der Waals surface area contributed by atoms with Crippen molar-refractivity contribution in [1.82, 2.24) is 14.7 Å².